The number of rotatable bonds is 7. The van der Waals surface area contributed by atoms with E-state index in [9.17, 15) is 19.5 Å². The van der Waals surface area contributed by atoms with Crippen molar-refractivity contribution >= 4 is 29.2 Å². The minimum Gasteiger partial charge on any atom is -0.545 e. The van der Waals surface area contributed by atoms with Gasteiger partial charge in [-0.1, -0.05) is 27.7 Å². The molecule has 23 heavy (non-hydrogen) atoms. The second-order valence-electron chi connectivity index (χ2n) is 5.68. The Morgan fingerprint density at radius 2 is 1.30 bits per heavy atom. The van der Waals surface area contributed by atoms with Crippen molar-refractivity contribution in [3.8, 4) is 0 Å². The van der Waals surface area contributed by atoms with Crippen LogP contribution in [0.25, 0.3) is 0 Å². The van der Waals surface area contributed by atoms with Gasteiger partial charge in [0.2, 0.25) is 11.8 Å². The minimum atomic E-state index is -1.37. The first kappa shape index (κ1) is 18.7. The monoisotopic (exact) mass is 319 g/mol. The van der Waals surface area contributed by atoms with Crippen LogP contribution in [0.2, 0.25) is 0 Å². The maximum atomic E-state index is 12.0. The van der Waals surface area contributed by atoms with Crippen molar-refractivity contribution in [3.05, 3.63) is 23.8 Å². The van der Waals surface area contributed by atoms with Gasteiger partial charge in [-0.2, -0.15) is 0 Å². The van der Waals surface area contributed by atoms with Crippen LogP contribution in [-0.2, 0) is 9.59 Å². The van der Waals surface area contributed by atoms with Crippen LogP contribution in [0.15, 0.2) is 18.2 Å². The summed E-state index contributed by atoms with van der Waals surface area (Å²) in [7, 11) is 0. The van der Waals surface area contributed by atoms with E-state index < -0.39 is 5.97 Å². The molecule has 0 spiro atoms. The summed E-state index contributed by atoms with van der Waals surface area (Å²) in [6, 6.07) is 4.16. The molecule has 0 radical (unpaired) electrons. The molecule has 0 heterocycles. The van der Waals surface area contributed by atoms with E-state index in [1.165, 1.54) is 18.2 Å². The molecule has 1 rings (SSSR count). The number of anilines is 2. The average molecular weight is 319 g/mol. The summed E-state index contributed by atoms with van der Waals surface area (Å²) in [5.41, 5.74) is 0.527. The van der Waals surface area contributed by atoms with Gasteiger partial charge in [-0.15, -0.1) is 0 Å². The van der Waals surface area contributed by atoms with Crippen molar-refractivity contribution in [1.82, 2.24) is 0 Å². The molecule has 0 aromatic heterocycles. The summed E-state index contributed by atoms with van der Waals surface area (Å²) in [4.78, 5) is 35.0. The molecule has 0 aliphatic rings. The van der Waals surface area contributed by atoms with Crippen molar-refractivity contribution in [1.29, 1.82) is 0 Å². The van der Waals surface area contributed by atoms with E-state index in [1.54, 1.807) is 13.8 Å². The maximum absolute atomic E-state index is 12.0. The van der Waals surface area contributed by atoms with Gasteiger partial charge in [-0.3, -0.25) is 9.59 Å². The fourth-order valence-corrected chi connectivity index (χ4v) is 1.79. The van der Waals surface area contributed by atoms with Crippen molar-refractivity contribution in [3.63, 3.8) is 0 Å². The molecule has 0 aliphatic heterocycles. The molecule has 1 aromatic carbocycles. The third-order valence-electron chi connectivity index (χ3n) is 3.82. The molecule has 6 heteroatoms. The molecule has 2 atom stereocenters. The maximum Gasteiger partial charge on any atom is 0.227 e. The quantitative estimate of drug-likeness (QED) is 0.803. The summed E-state index contributed by atoms with van der Waals surface area (Å²) in [6.07, 6.45) is 1.34. The molecule has 0 fully saturated rings. The molecular weight excluding hydrogens is 296 g/mol. The topological polar surface area (TPSA) is 98.3 Å². The Morgan fingerprint density at radius 1 is 0.913 bits per heavy atom. The smallest absolute Gasteiger partial charge is 0.227 e. The number of carbonyl (C=O) groups is 3. The van der Waals surface area contributed by atoms with Crippen LogP contribution in [0.1, 0.15) is 50.9 Å². The van der Waals surface area contributed by atoms with E-state index >= 15 is 0 Å². The van der Waals surface area contributed by atoms with Crippen LogP contribution < -0.4 is 15.7 Å². The summed E-state index contributed by atoms with van der Waals surface area (Å²) in [5, 5.41) is 16.4. The average Bonchev–Trinajstić information content (AvgIpc) is 2.52. The van der Waals surface area contributed by atoms with Crippen molar-refractivity contribution in [2.45, 2.75) is 40.5 Å². The number of carbonyl (C=O) groups excluding carboxylic acids is 3. The number of aromatic carboxylic acids is 1. The summed E-state index contributed by atoms with van der Waals surface area (Å²) >= 11 is 0. The molecule has 0 saturated carbocycles. The van der Waals surface area contributed by atoms with E-state index in [1.807, 2.05) is 13.8 Å². The molecule has 0 unspecified atom stereocenters. The van der Waals surface area contributed by atoms with Crippen molar-refractivity contribution < 1.29 is 19.5 Å². The van der Waals surface area contributed by atoms with Gasteiger partial charge in [0, 0.05) is 28.8 Å². The van der Waals surface area contributed by atoms with Gasteiger partial charge in [-0.25, -0.2) is 0 Å². The number of hydrogen-bond acceptors (Lipinski definition) is 4. The zero-order chi connectivity index (χ0) is 17.6. The van der Waals surface area contributed by atoms with E-state index in [-0.39, 0.29) is 29.2 Å². The summed E-state index contributed by atoms with van der Waals surface area (Å²) < 4.78 is 0. The molecule has 6 nitrogen and oxygen atoms in total. The third-order valence-corrected chi connectivity index (χ3v) is 3.82. The van der Waals surface area contributed by atoms with Gasteiger partial charge < -0.3 is 20.5 Å². The highest BCUT2D eigenvalue weighted by atomic mass is 16.4. The largest absolute Gasteiger partial charge is 0.545 e. The van der Waals surface area contributed by atoms with Crippen LogP contribution in [0, 0.1) is 11.8 Å². The molecule has 0 aliphatic carbocycles. The Hall–Kier alpha value is -2.37. The number of nitrogens with one attached hydrogen (secondary N) is 2. The highest BCUT2D eigenvalue weighted by molar-refractivity contribution is 5.98. The summed E-state index contributed by atoms with van der Waals surface area (Å²) in [5.74, 6) is -2.17. The second kappa shape index (κ2) is 8.31. The second-order valence-corrected chi connectivity index (χ2v) is 5.68. The van der Waals surface area contributed by atoms with Gasteiger partial charge in [0.15, 0.2) is 0 Å². The van der Waals surface area contributed by atoms with Crippen LogP contribution in [0.5, 0.6) is 0 Å². The molecule has 126 valence electrons. The highest BCUT2D eigenvalue weighted by Crippen LogP contribution is 2.21. The van der Waals surface area contributed by atoms with Crippen LogP contribution >= 0.6 is 0 Å². The van der Waals surface area contributed by atoms with Crippen LogP contribution in [0.4, 0.5) is 11.4 Å². The number of carboxylic acid groups (broad SMARTS) is 1. The first-order chi connectivity index (χ1) is 10.8. The number of benzene rings is 1. The fourth-order valence-electron chi connectivity index (χ4n) is 1.79. The van der Waals surface area contributed by atoms with E-state index in [2.05, 4.69) is 10.6 Å². The molecule has 1 aromatic rings. The predicted octanol–water partition coefficient (Wildman–Crippen LogP) is 2.02. The van der Waals surface area contributed by atoms with Gasteiger partial charge in [-0.05, 0) is 31.0 Å². The molecule has 2 N–H and O–H groups in total. The normalized spacial score (nSPS) is 13.0. The molecular formula is C17H23N2O4-. The van der Waals surface area contributed by atoms with Crippen molar-refractivity contribution in [2.75, 3.05) is 10.6 Å². The fraction of sp³-hybridized carbons (Fsp3) is 0.471. The lowest BCUT2D eigenvalue weighted by atomic mass is 10.1. The lowest BCUT2D eigenvalue weighted by molar-refractivity contribution is -0.255. The van der Waals surface area contributed by atoms with Crippen LogP contribution in [-0.4, -0.2) is 17.8 Å². The Kier molecular flexibility index (Phi) is 6.75. The Balaban J connectivity index is 3.05. The van der Waals surface area contributed by atoms with E-state index in [0.717, 1.165) is 0 Å². The number of amides is 2. The lowest BCUT2D eigenvalue weighted by Gasteiger charge is -2.15. The minimum absolute atomic E-state index is 0.105. The zero-order valence-electron chi connectivity index (χ0n) is 13.9. The first-order valence-corrected chi connectivity index (χ1v) is 7.76. The Bertz CT molecular complexity index is 556. The Morgan fingerprint density at radius 3 is 1.61 bits per heavy atom. The van der Waals surface area contributed by atoms with E-state index in [0.29, 0.717) is 24.2 Å². The van der Waals surface area contributed by atoms with Gasteiger partial charge in [0.05, 0.1) is 5.97 Å². The number of carboxylic acids is 1. The lowest BCUT2D eigenvalue weighted by Crippen LogP contribution is -2.25. The SMILES string of the molecule is CC[C@@H](C)C(=O)Nc1cc(NC(=O)[C@@H](C)CC)cc(C(=O)[O-])c1. The van der Waals surface area contributed by atoms with Gasteiger partial charge in [0.1, 0.15) is 0 Å². The van der Waals surface area contributed by atoms with Gasteiger partial charge in [0.25, 0.3) is 0 Å². The van der Waals surface area contributed by atoms with Crippen LogP contribution in [0.3, 0.4) is 0 Å². The van der Waals surface area contributed by atoms with Crippen molar-refractivity contribution in [2.24, 2.45) is 11.8 Å². The first-order valence-electron chi connectivity index (χ1n) is 7.76. The Labute approximate surface area is 136 Å². The van der Waals surface area contributed by atoms with Gasteiger partial charge >= 0.3 is 0 Å². The number of hydrogen-bond donors (Lipinski definition) is 2. The standard InChI is InChI=1S/C17H24N2O4/c1-5-10(3)15(20)18-13-7-12(17(22)23)8-14(9-13)19-16(21)11(4)6-2/h7-11H,5-6H2,1-4H3,(H,18,20)(H,19,21)(H,22,23)/p-1/t10-,11+. The zero-order valence-corrected chi connectivity index (χ0v) is 13.9. The molecule has 0 saturated heterocycles. The molecule has 0 bridgehead atoms. The van der Waals surface area contributed by atoms with E-state index in [4.69, 9.17) is 0 Å². The predicted molar refractivity (Wildman–Crippen MR) is 86.9 cm³/mol. The summed E-state index contributed by atoms with van der Waals surface area (Å²) in [6.45, 7) is 7.34. The third kappa shape index (κ3) is 5.39. The highest BCUT2D eigenvalue weighted by Gasteiger charge is 2.14. The molecule has 2 amide bonds.